The van der Waals surface area contributed by atoms with Crippen LogP contribution in [0.25, 0.3) is 0 Å². The van der Waals surface area contributed by atoms with Gasteiger partial charge in [0, 0.05) is 22.3 Å². The summed E-state index contributed by atoms with van der Waals surface area (Å²) < 4.78 is 28.2. The number of carbonyl (C=O) groups excluding carboxylic acids is 1. The van der Waals surface area contributed by atoms with E-state index in [1.165, 1.54) is 28.6 Å². The number of rotatable bonds is 4. The molecule has 8 heteroatoms. The van der Waals surface area contributed by atoms with Gasteiger partial charge in [-0.25, -0.2) is 8.42 Å². The third-order valence-corrected chi connectivity index (χ3v) is 7.90. The van der Waals surface area contributed by atoms with Gasteiger partial charge in [0.15, 0.2) is 0 Å². The first kappa shape index (κ1) is 21.8. The number of halogens is 2. The van der Waals surface area contributed by atoms with Crippen molar-refractivity contribution < 1.29 is 13.2 Å². The van der Waals surface area contributed by atoms with Crippen LogP contribution in [0.3, 0.4) is 0 Å². The Morgan fingerprint density at radius 2 is 1.68 bits per heavy atom. The zero-order chi connectivity index (χ0) is 22.2. The average molecular weight is 475 g/mol. The molecule has 0 aliphatic carbocycles. The van der Waals surface area contributed by atoms with Gasteiger partial charge >= 0.3 is 0 Å². The lowest BCUT2D eigenvalue weighted by atomic mass is 9.95. The number of sulfonamides is 1. The molecule has 4 rings (SSSR count). The van der Waals surface area contributed by atoms with E-state index in [1.807, 2.05) is 31.2 Å². The molecule has 3 aromatic carbocycles. The number of fused-ring (bicyclic) bond motifs is 1. The number of amides is 1. The van der Waals surface area contributed by atoms with E-state index in [4.69, 9.17) is 23.2 Å². The van der Waals surface area contributed by atoms with E-state index in [-0.39, 0.29) is 17.9 Å². The van der Waals surface area contributed by atoms with Crippen LogP contribution in [0.5, 0.6) is 0 Å². The first-order chi connectivity index (χ1) is 14.8. The van der Waals surface area contributed by atoms with Gasteiger partial charge in [-0.3, -0.25) is 4.79 Å². The SMILES string of the molecule is Cc1ccc(NC(=O)[C@H]2Cc3ccccc3CN2S(=O)(=O)c2ccc(Cl)cc2)cc1Cl. The molecule has 31 heavy (non-hydrogen) atoms. The molecule has 0 bridgehead atoms. The molecule has 1 amide bonds. The molecule has 3 aromatic rings. The summed E-state index contributed by atoms with van der Waals surface area (Å²) in [4.78, 5) is 13.3. The zero-order valence-corrected chi connectivity index (χ0v) is 19.0. The topological polar surface area (TPSA) is 66.5 Å². The maximum atomic E-state index is 13.5. The minimum atomic E-state index is -3.94. The standard InChI is InChI=1S/C23H20Cl2N2O3S/c1-15-6-9-19(13-21(15)25)26-23(28)22-12-16-4-2-3-5-17(16)14-27(22)31(29,30)20-10-7-18(24)8-11-20/h2-11,13,22H,12,14H2,1H3,(H,26,28)/t22-/m1/s1. The van der Waals surface area contributed by atoms with Crippen molar-refractivity contribution in [3.63, 3.8) is 0 Å². The van der Waals surface area contributed by atoms with Crippen molar-refractivity contribution in [2.24, 2.45) is 0 Å². The second kappa shape index (κ2) is 8.63. The zero-order valence-electron chi connectivity index (χ0n) is 16.7. The lowest BCUT2D eigenvalue weighted by Crippen LogP contribution is -2.50. The minimum absolute atomic E-state index is 0.0902. The van der Waals surface area contributed by atoms with Gasteiger partial charge in [0.05, 0.1) is 4.90 Å². The maximum absolute atomic E-state index is 13.5. The summed E-state index contributed by atoms with van der Waals surface area (Å²) in [6, 6.07) is 17.8. The first-order valence-corrected chi connectivity index (χ1v) is 11.9. The molecule has 1 aliphatic heterocycles. The van der Waals surface area contributed by atoms with Crippen molar-refractivity contribution in [2.75, 3.05) is 5.32 Å². The highest BCUT2D eigenvalue weighted by molar-refractivity contribution is 7.89. The number of aryl methyl sites for hydroxylation is 1. The summed E-state index contributed by atoms with van der Waals surface area (Å²) in [5.74, 6) is -0.410. The molecular weight excluding hydrogens is 455 g/mol. The Kier molecular flexibility index (Phi) is 6.08. The fourth-order valence-electron chi connectivity index (χ4n) is 3.61. The van der Waals surface area contributed by atoms with Crippen molar-refractivity contribution >= 4 is 44.8 Å². The van der Waals surface area contributed by atoms with Crippen LogP contribution in [0.4, 0.5) is 5.69 Å². The molecule has 1 N–H and O–H groups in total. The Balaban J connectivity index is 1.71. The summed E-state index contributed by atoms with van der Waals surface area (Å²) in [5, 5.41) is 3.79. The van der Waals surface area contributed by atoms with Gasteiger partial charge in [0.25, 0.3) is 0 Å². The van der Waals surface area contributed by atoms with Gasteiger partial charge < -0.3 is 5.32 Å². The maximum Gasteiger partial charge on any atom is 0.244 e. The van der Waals surface area contributed by atoms with E-state index in [9.17, 15) is 13.2 Å². The van der Waals surface area contributed by atoms with Crippen LogP contribution < -0.4 is 5.32 Å². The van der Waals surface area contributed by atoms with Crippen LogP contribution in [0, 0.1) is 6.92 Å². The lowest BCUT2D eigenvalue weighted by molar-refractivity contribution is -0.120. The van der Waals surface area contributed by atoms with Crippen LogP contribution >= 0.6 is 23.2 Å². The molecule has 0 unspecified atom stereocenters. The van der Waals surface area contributed by atoms with E-state index in [2.05, 4.69) is 5.32 Å². The second-order valence-electron chi connectivity index (χ2n) is 7.45. The van der Waals surface area contributed by atoms with Gasteiger partial charge in [-0.05, 0) is 66.4 Å². The molecule has 0 spiro atoms. The molecule has 5 nitrogen and oxygen atoms in total. The number of nitrogens with zero attached hydrogens (tertiary/aromatic N) is 1. The molecule has 0 saturated carbocycles. The Morgan fingerprint density at radius 3 is 2.35 bits per heavy atom. The van der Waals surface area contributed by atoms with E-state index in [1.54, 1.807) is 18.2 Å². The predicted octanol–water partition coefficient (Wildman–Crippen LogP) is 5.06. The van der Waals surface area contributed by atoms with Gasteiger partial charge in [-0.1, -0.05) is 53.5 Å². The van der Waals surface area contributed by atoms with E-state index >= 15 is 0 Å². The minimum Gasteiger partial charge on any atom is -0.325 e. The van der Waals surface area contributed by atoms with Crippen LogP contribution in [0.1, 0.15) is 16.7 Å². The van der Waals surface area contributed by atoms with Crippen LogP contribution in [-0.2, 0) is 27.8 Å². The van der Waals surface area contributed by atoms with Crippen molar-refractivity contribution in [1.82, 2.24) is 4.31 Å². The molecule has 0 saturated heterocycles. The first-order valence-electron chi connectivity index (χ1n) is 9.67. The van der Waals surface area contributed by atoms with Gasteiger partial charge in [-0.2, -0.15) is 4.31 Å². The van der Waals surface area contributed by atoms with Crippen molar-refractivity contribution in [2.45, 2.75) is 30.8 Å². The van der Waals surface area contributed by atoms with Crippen molar-refractivity contribution in [3.05, 3.63) is 93.5 Å². The number of hydrogen-bond donors (Lipinski definition) is 1. The third-order valence-electron chi connectivity index (χ3n) is 5.37. The Labute approximate surface area is 191 Å². The summed E-state index contributed by atoms with van der Waals surface area (Å²) in [6.07, 6.45) is 0.272. The number of anilines is 1. The monoisotopic (exact) mass is 474 g/mol. The van der Waals surface area contributed by atoms with Crippen LogP contribution in [0.2, 0.25) is 10.0 Å². The summed E-state index contributed by atoms with van der Waals surface area (Å²) in [5.41, 5.74) is 3.23. The Bertz CT molecular complexity index is 1240. The van der Waals surface area contributed by atoms with Crippen molar-refractivity contribution in [3.8, 4) is 0 Å². The average Bonchev–Trinajstić information content (AvgIpc) is 2.75. The molecule has 160 valence electrons. The summed E-state index contributed by atoms with van der Waals surface area (Å²) in [7, 11) is -3.94. The van der Waals surface area contributed by atoms with E-state index in [0.717, 1.165) is 16.7 Å². The molecule has 0 aromatic heterocycles. The molecule has 1 atom stereocenters. The Morgan fingerprint density at radius 1 is 1.00 bits per heavy atom. The smallest absolute Gasteiger partial charge is 0.244 e. The van der Waals surface area contributed by atoms with E-state index in [0.29, 0.717) is 15.7 Å². The number of nitrogens with one attached hydrogen (secondary N) is 1. The van der Waals surface area contributed by atoms with Crippen molar-refractivity contribution in [1.29, 1.82) is 0 Å². The second-order valence-corrected chi connectivity index (χ2v) is 10.2. The summed E-state index contributed by atoms with van der Waals surface area (Å²) in [6.45, 7) is 1.97. The fourth-order valence-corrected chi connectivity index (χ4v) is 5.48. The highest BCUT2D eigenvalue weighted by atomic mass is 35.5. The van der Waals surface area contributed by atoms with Gasteiger partial charge in [0.1, 0.15) is 6.04 Å². The molecule has 1 heterocycles. The highest BCUT2D eigenvalue weighted by Crippen LogP contribution is 2.30. The fraction of sp³-hybridized carbons (Fsp3) is 0.174. The molecular formula is C23H20Cl2N2O3S. The predicted molar refractivity (Wildman–Crippen MR) is 123 cm³/mol. The van der Waals surface area contributed by atoms with Gasteiger partial charge in [-0.15, -0.1) is 0 Å². The normalized spacial score (nSPS) is 16.5. The molecule has 0 fully saturated rings. The third kappa shape index (κ3) is 4.48. The largest absolute Gasteiger partial charge is 0.325 e. The highest BCUT2D eigenvalue weighted by Gasteiger charge is 2.39. The quantitative estimate of drug-likeness (QED) is 0.574. The van der Waals surface area contributed by atoms with Crippen LogP contribution in [-0.4, -0.2) is 24.7 Å². The molecule has 0 radical (unpaired) electrons. The van der Waals surface area contributed by atoms with E-state index < -0.39 is 22.0 Å². The molecule has 1 aliphatic rings. The lowest BCUT2D eigenvalue weighted by Gasteiger charge is -2.35. The summed E-state index contributed by atoms with van der Waals surface area (Å²) >= 11 is 12.1. The Hall–Kier alpha value is -2.38. The number of hydrogen-bond acceptors (Lipinski definition) is 3. The number of benzene rings is 3. The van der Waals surface area contributed by atoms with Gasteiger partial charge in [0.2, 0.25) is 15.9 Å². The van der Waals surface area contributed by atoms with Crippen LogP contribution in [0.15, 0.2) is 71.6 Å². The number of carbonyl (C=O) groups is 1.